The normalized spacial score (nSPS) is 17.1. The molecule has 94 valence electrons. The summed E-state index contributed by atoms with van der Waals surface area (Å²) < 4.78 is 26.2. The third-order valence-electron chi connectivity index (χ3n) is 3.14. The lowest BCUT2D eigenvalue weighted by Gasteiger charge is -2.28. The summed E-state index contributed by atoms with van der Waals surface area (Å²) in [7, 11) is 1.80. The number of anilines is 1. The minimum absolute atomic E-state index is 0.227. The molecule has 0 unspecified atom stereocenters. The zero-order chi connectivity index (χ0) is 12.3. The first-order valence-electron chi connectivity index (χ1n) is 5.89. The van der Waals surface area contributed by atoms with Crippen LogP contribution >= 0.6 is 0 Å². The van der Waals surface area contributed by atoms with Crippen LogP contribution in [0.25, 0.3) is 0 Å². The lowest BCUT2D eigenvalue weighted by Crippen LogP contribution is -2.35. The second-order valence-electron chi connectivity index (χ2n) is 4.53. The Kier molecular flexibility index (Phi) is 3.89. The van der Waals surface area contributed by atoms with Crippen LogP contribution in [0.5, 0.6) is 0 Å². The predicted molar refractivity (Wildman–Crippen MR) is 63.0 cm³/mol. The van der Waals surface area contributed by atoms with Crippen LogP contribution in [0.1, 0.15) is 12.8 Å². The minimum atomic E-state index is -0.637. The van der Waals surface area contributed by atoms with E-state index in [0.717, 1.165) is 44.7 Å². The number of aromatic nitrogens is 1. The summed E-state index contributed by atoms with van der Waals surface area (Å²) in [6.45, 7) is 2.78. The number of halogens is 2. The standard InChI is InChI=1S/C12H17F2N3/c1-17(8-9-2-4-15-5-3-9)12-11(14)6-10(13)7-16-12/h6-7,9,15H,2-5,8H2,1H3. The zero-order valence-corrected chi connectivity index (χ0v) is 9.92. The first kappa shape index (κ1) is 12.2. The van der Waals surface area contributed by atoms with Gasteiger partial charge in [-0.25, -0.2) is 13.8 Å². The average molecular weight is 241 g/mol. The van der Waals surface area contributed by atoms with Crippen molar-refractivity contribution in [2.75, 3.05) is 31.6 Å². The summed E-state index contributed by atoms with van der Waals surface area (Å²) >= 11 is 0. The molecule has 0 aromatic carbocycles. The summed E-state index contributed by atoms with van der Waals surface area (Å²) in [4.78, 5) is 5.57. The predicted octanol–water partition coefficient (Wildman–Crippen LogP) is 1.80. The van der Waals surface area contributed by atoms with Gasteiger partial charge in [0.25, 0.3) is 0 Å². The lowest BCUT2D eigenvalue weighted by atomic mass is 9.98. The molecule has 1 fully saturated rings. The molecule has 0 atom stereocenters. The molecular weight excluding hydrogens is 224 g/mol. The van der Waals surface area contributed by atoms with Crippen LogP contribution in [0.15, 0.2) is 12.3 Å². The number of hydrogen-bond acceptors (Lipinski definition) is 3. The van der Waals surface area contributed by atoms with Crippen molar-refractivity contribution in [1.29, 1.82) is 0 Å². The second kappa shape index (κ2) is 5.40. The largest absolute Gasteiger partial charge is 0.357 e. The van der Waals surface area contributed by atoms with Crippen LogP contribution in [-0.4, -0.2) is 31.7 Å². The lowest BCUT2D eigenvalue weighted by molar-refractivity contribution is 0.376. The first-order valence-corrected chi connectivity index (χ1v) is 5.89. The summed E-state index contributed by atoms with van der Waals surface area (Å²) in [6.07, 6.45) is 3.23. The van der Waals surface area contributed by atoms with Crippen LogP contribution in [0.2, 0.25) is 0 Å². The van der Waals surface area contributed by atoms with Gasteiger partial charge in [0.2, 0.25) is 0 Å². The highest BCUT2D eigenvalue weighted by Crippen LogP contribution is 2.19. The Balaban J connectivity index is 2.00. The smallest absolute Gasteiger partial charge is 0.168 e. The molecule has 1 saturated heterocycles. The Morgan fingerprint density at radius 2 is 2.12 bits per heavy atom. The zero-order valence-electron chi connectivity index (χ0n) is 9.92. The molecule has 3 nitrogen and oxygen atoms in total. The van der Waals surface area contributed by atoms with Gasteiger partial charge >= 0.3 is 0 Å². The van der Waals surface area contributed by atoms with Crippen LogP contribution in [0.3, 0.4) is 0 Å². The summed E-state index contributed by atoms with van der Waals surface area (Å²) in [6, 6.07) is 0.876. The van der Waals surface area contributed by atoms with Gasteiger partial charge in [-0.15, -0.1) is 0 Å². The molecule has 17 heavy (non-hydrogen) atoms. The molecule has 0 radical (unpaired) electrons. The van der Waals surface area contributed by atoms with Crippen LogP contribution in [0.4, 0.5) is 14.6 Å². The van der Waals surface area contributed by atoms with E-state index in [1.165, 1.54) is 0 Å². The molecular formula is C12H17F2N3. The Morgan fingerprint density at radius 3 is 2.76 bits per heavy atom. The summed E-state index contributed by atoms with van der Waals surface area (Å²) in [5, 5.41) is 3.29. The van der Waals surface area contributed by atoms with Gasteiger partial charge in [0.15, 0.2) is 11.6 Å². The molecule has 0 aliphatic carbocycles. The number of rotatable bonds is 3. The van der Waals surface area contributed by atoms with Crippen molar-refractivity contribution in [3.8, 4) is 0 Å². The Hall–Kier alpha value is -1.23. The van der Waals surface area contributed by atoms with E-state index in [1.807, 2.05) is 0 Å². The molecule has 2 heterocycles. The van der Waals surface area contributed by atoms with Gasteiger partial charge in [-0.1, -0.05) is 0 Å². The van der Waals surface area contributed by atoms with Crippen molar-refractivity contribution in [2.24, 2.45) is 5.92 Å². The van der Waals surface area contributed by atoms with E-state index in [0.29, 0.717) is 5.92 Å². The molecule has 1 N–H and O–H groups in total. The van der Waals surface area contributed by atoms with Crippen molar-refractivity contribution in [3.63, 3.8) is 0 Å². The van der Waals surface area contributed by atoms with E-state index >= 15 is 0 Å². The fourth-order valence-corrected chi connectivity index (χ4v) is 2.23. The molecule has 0 spiro atoms. The Morgan fingerprint density at radius 1 is 1.41 bits per heavy atom. The molecule has 5 heteroatoms. The molecule has 1 aromatic heterocycles. The Labute approximate surface area is 99.8 Å². The topological polar surface area (TPSA) is 28.2 Å². The molecule has 0 amide bonds. The van der Waals surface area contributed by atoms with Crippen molar-refractivity contribution >= 4 is 5.82 Å². The van der Waals surface area contributed by atoms with Gasteiger partial charge in [-0.3, -0.25) is 0 Å². The number of pyridine rings is 1. The maximum Gasteiger partial charge on any atom is 0.168 e. The number of nitrogens with one attached hydrogen (secondary N) is 1. The summed E-state index contributed by atoms with van der Waals surface area (Å²) in [5.74, 6) is -0.458. The third-order valence-corrected chi connectivity index (χ3v) is 3.14. The number of nitrogens with zero attached hydrogens (tertiary/aromatic N) is 2. The fraction of sp³-hybridized carbons (Fsp3) is 0.583. The van der Waals surface area contributed by atoms with Crippen molar-refractivity contribution in [3.05, 3.63) is 23.9 Å². The highest BCUT2D eigenvalue weighted by Gasteiger charge is 2.17. The van der Waals surface area contributed by atoms with E-state index in [-0.39, 0.29) is 5.82 Å². The first-order chi connectivity index (χ1) is 8.16. The quantitative estimate of drug-likeness (QED) is 0.874. The van der Waals surface area contributed by atoms with Gasteiger partial charge in [-0.2, -0.15) is 0 Å². The maximum atomic E-state index is 13.5. The molecule has 1 aromatic rings. The number of piperidine rings is 1. The molecule has 2 rings (SSSR count). The van der Waals surface area contributed by atoms with Gasteiger partial charge in [0.05, 0.1) is 6.20 Å². The average Bonchev–Trinajstić information content (AvgIpc) is 2.30. The van der Waals surface area contributed by atoms with Gasteiger partial charge in [0.1, 0.15) is 5.82 Å². The van der Waals surface area contributed by atoms with Crippen LogP contribution in [-0.2, 0) is 0 Å². The van der Waals surface area contributed by atoms with E-state index in [4.69, 9.17) is 0 Å². The SMILES string of the molecule is CN(CC1CCNCC1)c1ncc(F)cc1F. The van der Waals surface area contributed by atoms with Crippen molar-refractivity contribution in [2.45, 2.75) is 12.8 Å². The van der Waals surface area contributed by atoms with Gasteiger partial charge in [0, 0.05) is 19.7 Å². The highest BCUT2D eigenvalue weighted by atomic mass is 19.1. The summed E-state index contributed by atoms with van der Waals surface area (Å²) in [5.41, 5.74) is 0. The minimum Gasteiger partial charge on any atom is -0.357 e. The van der Waals surface area contributed by atoms with E-state index < -0.39 is 11.6 Å². The molecule has 0 saturated carbocycles. The van der Waals surface area contributed by atoms with Gasteiger partial charge < -0.3 is 10.2 Å². The van der Waals surface area contributed by atoms with Crippen molar-refractivity contribution < 1.29 is 8.78 Å². The molecule has 0 bridgehead atoms. The van der Waals surface area contributed by atoms with E-state index in [9.17, 15) is 8.78 Å². The van der Waals surface area contributed by atoms with Gasteiger partial charge in [-0.05, 0) is 31.8 Å². The monoisotopic (exact) mass is 241 g/mol. The van der Waals surface area contributed by atoms with E-state index in [1.54, 1.807) is 11.9 Å². The second-order valence-corrected chi connectivity index (χ2v) is 4.53. The van der Waals surface area contributed by atoms with Crippen LogP contribution in [0, 0.1) is 17.6 Å². The Bertz CT molecular complexity index is 378. The van der Waals surface area contributed by atoms with Crippen molar-refractivity contribution in [1.82, 2.24) is 10.3 Å². The fourth-order valence-electron chi connectivity index (χ4n) is 2.23. The van der Waals surface area contributed by atoms with E-state index in [2.05, 4.69) is 10.3 Å². The maximum absolute atomic E-state index is 13.5. The number of hydrogen-bond donors (Lipinski definition) is 1. The van der Waals surface area contributed by atoms with Crippen LogP contribution < -0.4 is 10.2 Å². The highest BCUT2D eigenvalue weighted by molar-refractivity contribution is 5.38. The third kappa shape index (κ3) is 3.12. The molecule has 1 aliphatic heterocycles. The molecule has 1 aliphatic rings.